The van der Waals surface area contributed by atoms with E-state index in [4.69, 9.17) is 0 Å². The number of hydrogen-bond donors (Lipinski definition) is 2. The van der Waals surface area contributed by atoms with Crippen LogP contribution in [0.1, 0.15) is 25.0 Å². The van der Waals surface area contributed by atoms with Crippen molar-refractivity contribution >= 4 is 12.4 Å². The van der Waals surface area contributed by atoms with Crippen molar-refractivity contribution in [1.82, 2.24) is 11.5 Å². The van der Waals surface area contributed by atoms with Gasteiger partial charge in [0.1, 0.15) is 0 Å². The van der Waals surface area contributed by atoms with Crippen LogP contribution in [0.2, 0.25) is 0 Å². The first-order chi connectivity index (χ1) is 7.43. The molecule has 0 radical (unpaired) electrons. The van der Waals surface area contributed by atoms with Gasteiger partial charge in [0.15, 0.2) is 0 Å². The standard InChI is InChI=1S/C12H16F3N.ClH.H3N/c1-3-16-9(2)7-10-5-4-6-11(8-10)12(13,14)15;;/h4-6,8-9,16H,3,7H2,1-2H3;1H;1H3. The van der Waals surface area contributed by atoms with Gasteiger partial charge in [0, 0.05) is 6.04 Å². The minimum absolute atomic E-state index is 0. The molecule has 0 spiro atoms. The quantitative estimate of drug-likeness (QED) is 0.883. The first kappa shape index (κ1) is 19.6. The fourth-order valence-electron chi connectivity index (χ4n) is 1.65. The Morgan fingerprint density at radius 1 is 1.28 bits per heavy atom. The van der Waals surface area contributed by atoms with Gasteiger partial charge in [-0.1, -0.05) is 25.1 Å². The summed E-state index contributed by atoms with van der Waals surface area (Å²) in [5, 5.41) is 3.17. The van der Waals surface area contributed by atoms with Crippen LogP contribution in [0.4, 0.5) is 13.2 Å². The van der Waals surface area contributed by atoms with E-state index in [1.165, 1.54) is 12.1 Å². The summed E-state index contributed by atoms with van der Waals surface area (Å²) in [4.78, 5) is 0. The maximum absolute atomic E-state index is 12.4. The predicted octanol–water partition coefficient (Wildman–Crippen LogP) is 3.83. The van der Waals surface area contributed by atoms with Crippen molar-refractivity contribution in [3.05, 3.63) is 35.4 Å². The molecule has 106 valence electrons. The molecule has 0 fully saturated rings. The van der Waals surface area contributed by atoms with Crippen molar-refractivity contribution in [2.75, 3.05) is 6.54 Å². The Morgan fingerprint density at radius 3 is 2.39 bits per heavy atom. The zero-order valence-corrected chi connectivity index (χ0v) is 11.4. The Morgan fingerprint density at radius 2 is 1.89 bits per heavy atom. The van der Waals surface area contributed by atoms with Crippen LogP contribution in [0.25, 0.3) is 0 Å². The molecule has 0 saturated heterocycles. The lowest BCUT2D eigenvalue weighted by Gasteiger charge is -2.13. The van der Waals surface area contributed by atoms with E-state index < -0.39 is 11.7 Å². The Balaban J connectivity index is 0. The number of hydrogen-bond acceptors (Lipinski definition) is 2. The third-order valence-corrected chi connectivity index (χ3v) is 2.35. The number of alkyl halides is 3. The van der Waals surface area contributed by atoms with E-state index in [1.807, 2.05) is 13.8 Å². The highest BCUT2D eigenvalue weighted by Crippen LogP contribution is 2.29. The van der Waals surface area contributed by atoms with Crippen LogP contribution in [0.3, 0.4) is 0 Å². The molecule has 2 nitrogen and oxygen atoms in total. The summed E-state index contributed by atoms with van der Waals surface area (Å²) in [6.45, 7) is 4.76. The fraction of sp³-hybridized carbons (Fsp3) is 0.500. The average Bonchev–Trinajstić information content (AvgIpc) is 2.17. The molecule has 0 amide bonds. The predicted molar refractivity (Wildman–Crippen MR) is 70.6 cm³/mol. The monoisotopic (exact) mass is 284 g/mol. The van der Waals surface area contributed by atoms with Gasteiger partial charge in [0.25, 0.3) is 0 Å². The maximum Gasteiger partial charge on any atom is 0.416 e. The van der Waals surface area contributed by atoms with E-state index in [2.05, 4.69) is 5.32 Å². The molecule has 1 aromatic carbocycles. The highest BCUT2D eigenvalue weighted by atomic mass is 35.5. The molecule has 6 heteroatoms. The largest absolute Gasteiger partial charge is 0.416 e. The van der Waals surface area contributed by atoms with Crippen molar-refractivity contribution in [2.45, 2.75) is 32.5 Å². The number of halogens is 4. The highest BCUT2D eigenvalue weighted by molar-refractivity contribution is 5.85. The van der Waals surface area contributed by atoms with Gasteiger partial charge < -0.3 is 11.5 Å². The molecule has 0 heterocycles. The number of benzene rings is 1. The Labute approximate surface area is 112 Å². The van der Waals surface area contributed by atoms with Crippen LogP contribution in [-0.2, 0) is 12.6 Å². The fourth-order valence-corrected chi connectivity index (χ4v) is 1.65. The number of nitrogens with one attached hydrogen (secondary N) is 1. The van der Waals surface area contributed by atoms with E-state index in [9.17, 15) is 13.2 Å². The summed E-state index contributed by atoms with van der Waals surface area (Å²) in [6.07, 6.45) is -3.64. The number of likely N-dealkylation sites (N-methyl/N-ethyl adjacent to an activating group) is 1. The summed E-state index contributed by atoms with van der Waals surface area (Å²) in [5.41, 5.74) is 0.136. The average molecular weight is 285 g/mol. The minimum Gasteiger partial charge on any atom is -0.344 e. The molecule has 1 rings (SSSR count). The van der Waals surface area contributed by atoms with Gasteiger partial charge in [0.2, 0.25) is 0 Å². The molecule has 4 N–H and O–H groups in total. The van der Waals surface area contributed by atoms with Gasteiger partial charge in [0.05, 0.1) is 5.56 Å². The molecule has 0 aliphatic carbocycles. The van der Waals surface area contributed by atoms with E-state index in [-0.39, 0.29) is 24.6 Å². The smallest absolute Gasteiger partial charge is 0.344 e. The van der Waals surface area contributed by atoms with Gasteiger partial charge in [-0.3, -0.25) is 0 Å². The topological polar surface area (TPSA) is 47.0 Å². The second-order valence-corrected chi connectivity index (χ2v) is 3.86. The summed E-state index contributed by atoms with van der Waals surface area (Å²) >= 11 is 0. The molecule has 1 unspecified atom stereocenters. The van der Waals surface area contributed by atoms with Crippen LogP contribution in [-0.4, -0.2) is 12.6 Å². The molecular weight excluding hydrogens is 265 g/mol. The zero-order chi connectivity index (χ0) is 12.2. The Hall–Kier alpha value is -0.780. The molecule has 0 saturated carbocycles. The SMILES string of the molecule is CCNC(C)Cc1cccc(C(F)(F)F)c1.Cl.N. The van der Waals surface area contributed by atoms with Crippen molar-refractivity contribution in [3.8, 4) is 0 Å². The van der Waals surface area contributed by atoms with Gasteiger partial charge in [-0.25, -0.2) is 0 Å². The normalized spacial score (nSPS) is 12.3. The van der Waals surface area contributed by atoms with Crippen LogP contribution in [0.15, 0.2) is 24.3 Å². The van der Waals surface area contributed by atoms with Gasteiger partial charge in [-0.05, 0) is 31.5 Å². The molecule has 0 bridgehead atoms. The van der Waals surface area contributed by atoms with Crippen LogP contribution < -0.4 is 11.5 Å². The lowest BCUT2D eigenvalue weighted by Crippen LogP contribution is -2.27. The summed E-state index contributed by atoms with van der Waals surface area (Å²) < 4.78 is 37.3. The van der Waals surface area contributed by atoms with E-state index in [0.717, 1.165) is 12.6 Å². The van der Waals surface area contributed by atoms with Crippen molar-refractivity contribution in [3.63, 3.8) is 0 Å². The van der Waals surface area contributed by atoms with Gasteiger partial charge >= 0.3 is 6.18 Å². The minimum atomic E-state index is -4.25. The first-order valence-electron chi connectivity index (χ1n) is 5.33. The first-order valence-corrected chi connectivity index (χ1v) is 5.33. The summed E-state index contributed by atoms with van der Waals surface area (Å²) in [6, 6.07) is 5.68. The summed E-state index contributed by atoms with van der Waals surface area (Å²) in [7, 11) is 0. The lowest BCUT2D eigenvalue weighted by molar-refractivity contribution is -0.137. The lowest BCUT2D eigenvalue weighted by atomic mass is 10.0. The second-order valence-electron chi connectivity index (χ2n) is 3.86. The van der Waals surface area contributed by atoms with E-state index >= 15 is 0 Å². The van der Waals surface area contributed by atoms with Crippen LogP contribution in [0.5, 0.6) is 0 Å². The molecule has 0 aliphatic rings. The number of rotatable bonds is 4. The molecule has 0 aliphatic heterocycles. The van der Waals surface area contributed by atoms with Crippen LogP contribution >= 0.6 is 12.4 Å². The Kier molecular flexibility index (Phi) is 9.07. The van der Waals surface area contributed by atoms with E-state index in [1.54, 1.807) is 6.07 Å². The Bertz CT molecular complexity index is 342. The van der Waals surface area contributed by atoms with Crippen molar-refractivity contribution in [1.29, 1.82) is 0 Å². The van der Waals surface area contributed by atoms with E-state index in [0.29, 0.717) is 12.0 Å². The second kappa shape index (κ2) is 8.34. The molecular formula is C12H20ClF3N2. The maximum atomic E-state index is 12.4. The zero-order valence-electron chi connectivity index (χ0n) is 10.6. The third-order valence-electron chi connectivity index (χ3n) is 2.35. The molecule has 18 heavy (non-hydrogen) atoms. The molecule has 1 atom stereocenters. The molecule has 0 aromatic heterocycles. The molecule has 1 aromatic rings. The van der Waals surface area contributed by atoms with Gasteiger partial charge in [-0.2, -0.15) is 13.2 Å². The third kappa shape index (κ3) is 6.23. The highest BCUT2D eigenvalue weighted by Gasteiger charge is 2.30. The van der Waals surface area contributed by atoms with Crippen molar-refractivity contribution in [2.24, 2.45) is 0 Å². The summed E-state index contributed by atoms with van der Waals surface area (Å²) in [5.74, 6) is 0. The van der Waals surface area contributed by atoms with Crippen molar-refractivity contribution < 1.29 is 13.2 Å². The van der Waals surface area contributed by atoms with Gasteiger partial charge in [-0.15, -0.1) is 12.4 Å². The van der Waals surface area contributed by atoms with Crippen LogP contribution in [0, 0.1) is 0 Å².